The number of rotatable bonds is 5. The molecule has 0 heterocycles. The molecule has 0 saturated heterocycles. The zero-order chi connectivity index (χ0) is 12.8. The summed E-state index contributed by atoms with van der Waals surface area (Å²) in [5, 5.41) is 0. The van der Waals surface area contributed by atoms with Crippen molar-refractivity contribution in [1.82, 2.24) is 0 Å². The van der Waals surface area contributed by atoms with Crippen molar-refractivity contribution in [2.75, 3.05) is 7.11 Å². The lowest BCUT2D eigenvalue weighted by atomic mass is 9.87. The van der Waals surface area contributed by atoms with E-state index in [1.807, 2.05) is 0 Å². The van der Waals surface area contributed by atoms with Gasteiger partial charge in [-0.1, -0.05) is 43.7 Å². The summed E-state index contributed by atoms with van der Waals surface area (Å²) < 4.78 is 4.77. The van der Waals surface area contributed by atoms with Crippen molar-refractivity contribution in [3.05, 3.63) is 35.4 Å². The minimum Gasteiger partial charge on any atom is -0.469 e. The van der Waals surface area contributed by atoms with Crippen LogP contribution in [0.2, 0.25) is 0 Å². The van der Waals surface area contributed by atoms with Gasteiger partial charge in [0.25, 0.3) is 0 Å². The van der Waals surface area contributed by atoms with Gasteiger partial charge in [0.1, 0.15) is 0 Å². The predicted molar refractivity (Wildman–Crippen MR) is 70.0 cm³/mol. The van der Waals surface area contributed by atoms with Crippen LogP contribution < -0.4 is 0 Å². The highest BCUT2D eigenvalue weighted by atomic mass is 16.5. The van der Waals surface area contributed by atoms with Gasteiger partial charge < -0.3 is 4.74 Å². The van der Waals surface area contributed by atoms with Gasteiger partial charge in [0.05, 0.1) is 13.5 Å². The van der Waals surface area contributed by atoms with E-state index in [-0.39, 0.29) is 11.9 Å². The zero-order valence-electron chi connectivity index (χ0n) is 11.2. The van der Waals surface area contributed by atoms with Crippen molar-refractivity contribution >= 4 is 5.97 Å². The van der Waals surface area contributed by atoms with E-state index in [2.05, 4.69) is 45.0 Å². The maximum atomic E-state index is 11.4. The Morgan fingerprint density at radius 3 is 2.29 bits per heavy atom. The van der Waals surface area contributed by atoms with Gasteiger partial charge in [-0.2, -0.15) is 0 Å². The number of esters is 1. The van der Waals surface area contributed by atoms with Crippen LogP contribution in [0.5, 0.6) is 0 Å². The van der Waals surface area contributed by atoms with Crippen molar-refractivity contribution in [1.29, 1.82) is 0 Å². The van der Waals surface area contributed by atoms with Crippen LogP contribution in [0.25, 0.3) is 0 Å². The van der Waals surface area contributed by atoms with Crippen molar-refractivity contribution in [2.45, 2.75) is 39.5 Å². The second-order valence-corrected chi connectivity index (χ2v) is 5.02. The Balaban J connectivity index is 2.81. The number of ether oxygens (including phenoxy) is 1. The van der Waals surface area contributed by atoms with Gasteiger partial charge in [0, 0.05) is 0 Å². The SMILES string of the molecule is COC(=O)CC(CC(C)C)c1ccc(C)cc1. The predicted octanol–water partition coefficient (Wildman–Crippen LogP) is 3.69. The van der Waals surface area contributed by atoms with Gasteiger partial charge in [0.15, 0.2) is 0 Å². The van der Waals surface area contributed by atoms with Crippen LogP contribution in [0.1, 0.15) is 43.7 Å². The number of hydrogen-bond acceptors (Lipinski definition) is 2. The standard InChI is InChI=1S/C15H22O2/c1-11(2)9-14(10-15(16)17-4)13-7-5-12(3)6-8-13/h5-8,11,14H,9-10H2,1-4H3. The average Bonchev–Trinajstić information content (AvgIpc) is 2.28. The fraction of sp³-hybridized carbons (Fsp3) is 0.533. The molecule has 0 aliphatic carbocycles. The molecule has 1 atom stereocenters. The first-order chi connectivity index (χ1) is 8.02. The normalized spacial score (nSPS) is 12.5. The molecule has 0 N–H and O–H groups in total. The highest BCUT2D eigenvalue weighted by Crippen LogP contribution is 2.27. The molecule has 0 aliphatic heterocycles. The number of carbonyl (C=O) groups excluding carboxylic acids is 1. The first-order valence-electron chi connectivity index (χ1n) is 6.16. The Morgan fingerprint density at radius 1 is 1.24 bits per heavy atom. The number of methoxy groups -OCH3 is 1. The van der Waals surface area contributed by atoms with E-state index in [4.69, 9.17) is 4.74 Å². The summed E-state index contributed by atoms with van der Waals surface area (Å²) in [6, 6.07) is 8.43. The quantitative estimate of drug-likeness (QED) is 0.726. The molecule has 2 nitrogen and oxygen atoms in total. The van der Waals surface area contributed by atoms with E-state index in [0.29, 0.717) is 12.3 Å². The van der Waals surface area contributed by atoms with E-state index in [9.17, 15) is 4.79 Å². The van der Waals surface area contributed by atoms with Crippen LogP contribution in [0, 0.1) is 12.8 Å². The Morgan fingerprint density at radius 2 is 1.82 bits per heavy atom. The third-order valence-electron chi connectivity index (χ3n) is 2.95. The van der Waals surface area contributed by atoms with Crippen molar-refractivity contribution < 1.29 is 9.53 Å². The molecule has 1 rings (SSSR count). The molecule has 2 heteroatoms. The highest BCUT2D eigenvalue weighted by Gasteiger charge is 2.17. The Bertz CT molecular complexity index is 352. The van der Waals surface area contributed by atoms with Crippen LogP contribution in [0.4, 0.5) is 0 Å². The van der Waals surface area contributed by atoms with Crippen LogP contribution in [0.15, 0.2) is 24.3 Å². The lowest BCUT2D eigenvalue weighted by Crippen LogP contribution is -2.11. The number of carbonyl (C=O) groups is 1. The molecular formula is C15H22O2. The molecule has 17 heavy (non-hydrogen) atoms. The van der Waals surface area contributed by atoms with E-state index in [1.165, 1.54) is 18.2 Å². The summed E-state index contributed by atoms with van der Waals surface area (Å²) in [5.41, 5.74) is 2.48. The summed E-state index contributed by atoms with van der Waals surface area (Å²) in [4.78, 5) is 11.4. The molecule has 0 fully saturated rings. The third kappa shape index (κ3) is 4.59. The van der Waals surface area contributed by atoms with E-state index in [1.54, 1.807) is 0 Å². The summed E-state index contributed by atoms with van der Waals surface area (Å²) in [6.07, 6.45) is 1.48. The molecule has 0 aliphatic rings. The fourth-order valence-electron chi connectivity index (χ4n) is 2.03. The molecule has 0 saturated carbocycles. The first-order valence-corrected chi connectivity index (χ1v) is 6.16. The van der Waals surface area contributed by atoms with Crippen LogP contribution in [0.3, 0.4) is 0 Å². The largest absolute Gasteiger partial charge is 0.469 e. The third-order valence-corrected chi connectivity index (χ3v) is 2.95. The number of benzene rings is 1. The highest BCUT2D eigenvalue weighted by molar-refractivity contribution is 5.70. The van der Waals surface area contributed by atoms with Crippen LogP contribution in [-0.2, 0) is 9.53 Å². The minimum atomic E-state index is -0.128. The van der Waals surface area contributed by atoms with Gasteiger partial charge >= 0.3 is 5.97 Å². The molecule has 1 aromatic carbocycles. The molecule has 0 aromatic heterocycles. The summed E-state index contributed by atoms with van der Waals surface area (Å²) in [6.45, 7) is 6.43. The van der Waals surface area contributed by atoms with Crippen LogP contribution in [-0.4, -0.2) is 13.1 Å². The molecule has 0 radical (unpaired) electrons. The van der Waals surface area contributed by atoms with Gasteiger partial charge in [-0.05, 0) is 30.7 Å². The molecule has 0 amide bonds. The van der Waals surface area contributed by atoms with Crippen molar-refractivity contribution in [2.24, 2.45) is 5.92 Å². The summed E-state index contributed by atoms with van der Waals surface area (Å²) in [7, 11) is 1.45. The zero-order valence-corrected chi connectivity index (χ0v) is 11.2. The Hall–Kier alpha value is -1.31. The minimum absolute atomic E-state index is 0.128. The molecule has 94 valence electrons. The molecule has 0 bridgehead atoms. The van der Waals surface area contributed by atoms with Gasteiger partial charge in [-0.25, -0.2) is 0 Å². The van der Waals surface area contributed by atoms with Gasteiger partial charge in [-0.3, -0.25) is 4.79 Å². The van der Waals surface area contributed by atoms with Gasteiger partial charge in [0.2, 0.25) is 0 Å². The van der Waals surface area contributed by atoms with E-state index >= 15 is 0 Å². The maximum Gasteiger partial charge on any atom is 0.306 e. The lowest BCUT2D eigenvalue weighted by molar-refractivity contribution is -0.141. The molecule has 0 spiro atoms. The number of hydrogen-bond donors (Lipinski definition) is 0. The maximum absolute atomic E-state index is 11.4. The summed E-state index contributed by atoms with van der Waals surface area (Å²) in [5.74, 6) is 0.713. The first kappa shape index (κ1) is 13.8. The number of aryl methyl sites for hydroxylation is 1. The van der Waals surface area contributed by atoms with Crippen molar-refractivity contribution in [3.8, 4) is 0 Å². The second-order valence-electron chi connectivity index (χ2n) is 5.02. The smallest absolute Gasteiger partial charge is 0.306 e. The second kappa shape index (κ2) is 6.43. The monoisotopic (exact) mass is 234 g/mol. The Labute approximate surface area is 104 Å². The average molecular weight is 234 g/mol. The lowest BCUT2D eigenvalue weighted by Gasteiger charge is -2.18. The molecule has 1 unspecified atom stereocenters. The van der Waals surface area contributed by atoms with Crippen molar-refractivity contribution in [3.63, 3.8) is 0 Å². The van der Waals surface area contributed by atoms with E-state index in [0.717, 1.165) is 6.42 Å². The Kier molecular flexibility index (Phi) is 5.20. The van der Waals surface area contributed by atoms with Crippen LogP contribution >= 0.6 is 0 Å². The molecular weight excluding hydrogens is 212 g/mol. The topological polar surface area (TPSA) is 26.3 Å². The fourth-order valence-corrected chi connectivity index (χ4v) is 2.03. The molecule has 1 aromatic rings. The van der Waals surface area contributed by atoms with Gasteiger partial charge in [-0.15, -0.1) is 0 Å². The summed E-state index contributed by atoms with van der Waals surface area (Å²) >= 11 is 0. The van der Waals surface area contributed by atoms with E-state index < -0.39 is 0 Å².